The number of hydrogen-bond donors (Lipinski definition) is 1. The highest BCUT2D eigenvalue weighted by Crippen LogP contribution is 2.28. The van der Waals surface area contributed by atoms with Crippen LogP contribution in [0.15, 0.2) is 29.2 Å². The van der Waals surface area contributed by atoms with Gasteiger partial charge in [-0.15, -0.1) is 11.8 Å². The number of hydrogen-bond acceptors (Lipinski definition) is 4. The van der Waals surface area contributed by atoms with E-state index in [1.165, 1.54) is 10.6 Å². The Morgan fingerprint density at radius 1 is 1.35 bits per heavy atom. The molecule has 0 aliphatic rings. The van der Waals surface area contributed by atoms with Crippen LogP contribution in [-0.4, -0.2) is 37.2 Å². The number of carbonyl (C=O) groups excluding carboxylic acids is 1. The number of nitrogens with zero attached hydrogens (tertiary/aromatic N) is 1. The smallest absolute Gasteiger partial charge is 0.290 e. The lowest BCUT2D eigenvalue weighted by Crippen LogP contribution is -2.16. The summed E-state index contributed by atoms with van der Waals surface area (Å²) in [4.78, 5) is 22.0. The summed E-state index contributed by atoms with van der Waals surface area (Å²) in [6, 6.07) is 8.15. The zero-order chi connectivity index (χ0) is 13.1. The zero-order valence-electron chi connectivity index (χ0n) is 10.00. The average Bonchev–Trinajstić information content (AvgIpc) is 2.36. The lowest BCUT2D eigenvalue weighted by molar-refractivity contribution is -0.122. The quantitative estimate of drug-likeness (QED) is 0.645. The van der Waals surface area contributed by atoms with Crippen molar-refractivity contribution in [2.75, 3.05) is 24.2 Å². The van der Waals surface area contributed by atoms with Gasteiger partial charge in [0.1, 0.15) is 6.29 Å². The number of carbonyl (C=O) groups is 2. The van der Waals surface area contributed by atoms with Gasteiger partial charge in [-0.1, -0.05) is 12.1 Å². The Labute approximate surface area is 106 Å². The van der Waals surface area contributed by atoms with E-state index in [0.29, 0.717) is 5.75 Å². The molecule has 0 amide bonds. The van der Waals surface area contributed by atoms with E-state index in [9.17, 15) is 4.79 Å². The molecule has 0 bridgehead atoms. The highest BCUT2D eigenvalue weighted by molar-refractivity contribution is 8.00. The predicted octanol–water partition coefficient (Wildman–Crippen LogP) is 2.13. The largest absolute Gasteiger partial charge is 0.483 e. The van der Waals surface area contributed by atoms with E-state index in [-0.39, 0.29) is 6.47 Å². The minimum absolute atomic E-state index is 0.250. The molecule has 0 unspecified atom stereocenters. The fraction of sp³-hybridized carbons (Fsp3) is 0.333. The van der Waals surface area contributed by atoms with E-state index in [2.05, 4.69) is 31.0 Å². The van der Waals surface area contributed by atoms with E-state index < -0.39 is 0 Å². The number of thioether (sulfide) groups is 1. The Morgan fingerprint density at radius 3 is 2.47 bits per heavy atom. The van der Waals surface area contributed by atoms with Crippen molar-refractivity contribution in [3.05, 3.63) is 24.3 Å². The minimum atomic E-state index is -0.250. The summed E-state index contributed by atoms with van der Waals surface area (Å²) < 4.78 is 0. The van der Waals surface area contributed by atoms with Crippen molar-refractivity contribution in [3.8, 4) is 0 Å². The zero-order valence-corrected chi connectivity index (χ0v) is 10.8. The summed E-state index contributed by atoms with van der Waals surface area (Å²) in [6.45, 7) is 2.83. The number of aldehydes is 1. The molecule has 17 heavy (non-hydrogen) atoms. The summed E-state index contributed by atoms with van der Waals surface area (Å²) in [7, 11) is 2.06. The van der Waals surface area contributed by atoms with Crippen molar-refractivity contribution in [1.29, 1.82) is 0 Å². The SMILES string of the molecule is CCN(C)c1ccccc1SCC=O.O=CO. The molecule has 1 rings (SSSR count). The van der Waals surface area contributed by atoms with E-state index in [1.54, 1.807) is 11.8 Å². The Bertz CT molecular complexity index is 344. The first kappa shape index (κ1) is 15.5. The van der Waals surface area contributed by atoms with Gasteiger partial charge in [0.25, 0.3) is 6.47 Å². The van der Waals surface area contributed by atoms with Gasteiger partial charge in [0.2, 0.25) is 0 Å². The maximum atomic E-state index is 10.3. The van der Waals surface area contributed by atoms with E-state index in [1.807, 2.05) is 12.1 Å². The standard InChI is InChI=1S/C11H15NOS.CH2O2/c1-3-12(2)10-6-4-5-7-11(10)14-9-8-13;2-1-3/h4-8H,3,9H2,1-2H3;1H,(H,2,3). The van der Waals surface area contributed by atoms with Gasteiger partial charge in [-0.25, -0.2) is 0 Å². The van der Waals surface area contributed by atoms with Gasteiger partial charge in [-0.05, 0) is 19.1 Å². The molecule has 5 heteroatoms. The van der Waals surface area contributed by atoms with Crippen LogP contribution < -0.4 is 4.90 Å². The first-order chi connectivity index (χ1) is 8.21. The molecular weight excluding hydrogens is 238 g/mol. The number of carboxylic acid groups (broad SMARTS) is 1. The lowest BCUT2D eigenvalue weighted by Gasteiger charge is -2.19. The van der Waals surface area contributed by atoms with Crippen LogP contribution in [-0.2, 0) is 9.59 Å². The van der Waals surface area contributed by atoms with Crippen molar-refractivity contribution in [2.24, 2.45) is 0 Å². The van der Waals surface area contributed by atoms with E-state index in [4.69, 9.17) is 9.90 Å². The third kappa shape index (κ3) is 5.97. The number of para-hydroxylation sites is 1. The summed E-state index contributed by atoms with van der Waals surface area (Å²) in [5, 5.41) is 6.89. The third-order valence-corrected chi connectivity index (χ3v) is 3.02. The van der Waals surface area contributed by atoms with Gasteiger partial charge < -0.3 is 14.8 Å². The van der Waals surface area contributed by atoms with Gasteiger partial charge in [-0.2, -0.15) is 0 Å². The van der Waals surface area contributed by atoms with E-state index >= 15 is 0 Å². The molecule has 1 aromatic carbocycles. The number of anilines is 1. The Hall–Kier alpha value is -1.49. The highest BCUT2D eigenvalue weighted by Gasteiger charge is 2.04. The van der Waals surface area contributed by atoms with Crippen molar-refractivity contribution >= 4 is 30.2 Å². The predicted molar refractivity (Wildman–Crippen MR) is 70.9 cm³/mol. The van der Waals surface area contributed by atoms with Crippen LogP contribution in [0, 0.1) is 0 Å². The molecule has 1 N–H and O–H groups in total. The molecule has 0 aliphatic heterocycles. The van der Waals surface area contributed by atoms with Crippen molar-refractivity contribution < 1.29 is 14.7 Å². The fourth-order valence-electron chi connectivity index (χ4n) is 1.19. The lowest BCUT2D eigenvalue weighted by atomic mass is 10.3. The fourth-order valence-corrected chi connectivity index (χ4v) is 1.98. The van der Waals surface area contributed by atoms with Gasteiger partial charge in [0.15, 0.2) is 0 Å². The van der Waals surface area contributed by atoms with Crippen LogP contribution in [0.2, 0.25) is 0 Å². The van der Waals surface area contributed by atoms with E-state index in [0.717, 1.165) is 12.8 Å². The molecule has 0 atom stereocenters. The van der Waals surface area contributed by atoms with Crippen molar-refractivity contribution in [3.63, 3.8) is 0 Å². The maximum absolute atomic E-state index is 10.3. The average molecular weight is 255 g/mol. The molecule has 0 aromatic heterocycles. The summed E-state index contributed by atoms with van der Waals surface area (Å²) in [5.41, 5.74) is 1.20. The second-order valence-corrected chi connectivity index (χ2v) is 4.13. The van der Waals surface area contributed by atoms with Crippen LogP contribution in [0.5, 0.6) is 0 Å². The van der Waals surface area contributed by atoms with Crippen LogP contribution in [0.1, 0.15) is 6.92 Å². The van der Waals surface area contributed by atoms with Crippen LogP contribution in [0.25, 0.3) is 0 Å². The third-order valence-electron chi connectivity index (χ3n) is 2.06. The molecule has 0 fully saturated rings. The van der Waals surface area contributed by atoms with Gasteiger partial charge in [0, 0.05) is 18.5 Å². The van der Waals surface area contributed by atoms with Crippen molar-refractivity contribution in [2.45, 2.75) is 11.8 Å². The Morgan fingerprint density at radius 2 is 1.94 bits per heavy atom. The normalized spacial score (nSPS) is 8.82. The van der Waals surface area contributed by atoms with Gasteiger partial charge in [-0.3, -0.25) is 4.79 Å². The summed E-state index contributed by atoms with van der Waals surface area (Å²) in [5.74, 6) is 0.522. The molecule has 0 saturated carbocycles. The first-order valence-electron chi connectivity index (χ1n) is 5.15. The van der Waals surface area contributed by atoms with Crippen LogP contribution >= 0.6 is 11.8 Å². The van der Waals surface area contributed by atoms with Gasteiger partial charge >= 0.3 is 0 Å². The molecular formula is C12H17NO3S. The molecule has 0 spiro atoms. The summed E-state index contributed by atoms with van der Waals surface area (Å²) in [6.07, 6.45) is 0.938. The highest BCUT2D eigenvalue weighted by atomic mass is 32.2. The monoisotopic (exact) mass is 255 g/mol. The second-order valence-electron chi connectivity index (χ2n) is 3.06. The minimum Gasteiger partial charge on any atom is -0.483 e. The van der Waals surface area contributed by atoms with Gasteiger partial charge in [0.05, 0.1) is 11.4 Å². The van der Waals surface area contributed by atoms with Crippen molar-refractivity contribution in [1.82, 2.24) is 0 Å². The molecule has 0 heterocycles. The molecule has 94 valence electrons. The van der Waals surface area contributed by atoms with Crippen LogP contribution in [0.4, 0.5) is 5.69 Å². The summed E-state index contributed by atoms with van der Waals surface area (Å²) >= 11 is 1.58. The molecule has 0 aliphatic carbocycles. The topological polar surface area (TPSA) is 57.6 Å². The Kier molecular flexibility index (Phi) is 8.86. The second kappa shape index (κ2) is 9.72. The number of benzene rings is 1. The number of rotatable bonds is 5. The first-order valence-corrected chi connectivity index (χ1v) is 6.14. The Balaban J connectivity index is 0.000000770. The molecule has 0 saturated heterocycles. The molecule has 4 nitrogen and oxygen atoms in total. The maximum Gasteiger partial charge on any atom is 0.290 e. The molecule has 0 radical (unpaired) electrons. The molecule has 1 aromatic rings. The van der Waals surface area contributed by atoms with Crippen LogP contribution in [0.3, 0.4) is 0 Å².